The Hall–Kier alpha value is -1.57. The highest BCUT2D eigenvalue weighted by Gasteiger charge is 2.23. The Morgan fingerprint density at radius 2 is 2.10 bits per heavy atom. The van der Waals surface area contributed by atoms with Crippen LogP contribution in [0.2, 0.25) is 0 Å². The van der Waals surface area contributed by atoms with Crippen molar-refractivity contribution in [2.45, 2.75) is 26.5 Å². The van der Waals surface area contributed by atoms with Crippen LogP contribution in [0.4, 0.5) is 17.1 Å². The lowest BCUT2D eigenvalue weighted by molar-refractivity contribution is -0.383. The van der Waals surface area contributed by atoms with Gasteiger partial charge in [-0.25, -0.2) is 0 Å². The number of aliphatic hydroxyl groups is 2. The minimum absolute atomic E-state index is 0. The number of benzene rings is 1. The second kappa shape index (κ2) is 8.57. The first-order valence-electron chi connectivity index (χ1n) is 6.10. The number of hydrogen-bond acceptors (Lipinski definition) is 6. The third-order valence-corrected chi connectivity index (χ3v) is 2.61. The van der Waals surface area contributed by atoms with E-state index in [0.29, 0.717) is 12.1 Å². The van der Waals surface area contributed by atoms with Gasteiger partial charge in [0.05, 0.1) is 11.5 Å². The molecule has 1 atom stereocenters. The van der Waals surface area contributed by atoms with Crippen LogP contribution in [0.3, 0.4) is 0 Å². The lowest BCUT2D eigenvalue weighted by Crippen LogP contribution is -2.16. The fraction of sp³-hybridized carbons (Fsp3) is 0.500. The highest BCUT2D eigenvalue weighted by atomic mass is 35.5. The van der Waals surface area contributed by atoms with Gasteiger partial charge in [-0.1, -0.05) is 13.0 Å². The van der Waals surface area contributed by atoms with E-state index in [2.05, 4.69) is 10.6 Å². The van der Waals surface area contributed by atoms with Crippen LogP contribution in [0.25, 0.3) is 0 Å². The number of aryl methyl sites for hydroxylation is 1. The summed E-state index contributed by atoms with van der Waals surface area (Å²) in [5, 5.41) is 34.9. The Morgan fingerprint density at radius 1 is 1.45 bits per heavy atom. The van der Waals surface area contributed by atoms with Crippen molar-refractivity contribution in [2.75, 3.05) is 23.8 Å². The molecular weight excluding hydrogens is 286 g/mol. The molecule has 0 aliphatic heterocycles. The molecule has 0 aliphatic rings. The molecule has 0 amide bonds. The van der Waals surface area contributed by atoms with E-state index < -0.39 is 11.2 Å². The Labute approximate surface area is 123 Å². The van der Waals surface area contributed by atoms with Gasteiger partial charge in [-0.2, -0.15) is 0 Å². The van der Waals surface area contributed by atoms with E-state index in [-0.39, 0.29) is 36.9 Å². The number of rotatable bonds is 7. The van der Waals surface area contributed by atoms with Crippen LogP contribution in [0, 0.1) is 10.1 Å². The molecule has 0 bridgehead atoms. The Balaban J connectivity index is 0.00000361. The normalized spacial score (nSPS) is 11.4. The summed E-state index contributed by atoms with van der Waals surface area (Å²) in [7, 11) is 0. The van der Waals surface area contributed by atoms with Gasteiger partial charge in [-0.3, -0.25) is 10.1 Å². The number of anilines is 2. The molecular formula is C12H20ClN3O4. The first kappa shape index (κ1) is 18.4. The molecule has 0 aromatic heterocycles. The minimum Gasteiger partial charge on any atom is -0.395 e. The lowest BCUT2D eigenvalue weighted by atomic mass is 10.1. The fourth-order valence-corrected chi connectivity index (χ4v) is 1.84. The standard InChI is InChI=1S/C12H19N3O4.ClH/c1-3-9-4-5-10(14-8(2)17)12(15(18)19)11(9)13-6-7-16;/h4-5,8,13-14,16-17H,3,6-7H2,1-2H3;1H. The SMILES string of the molecule is CCc1ccc(NC(C)O)c([N+](=O)[O-])c1NCCO.Cl. The van der Waals surface area contributed by atoms with Gasteiger partial charge >= 0.3 is 5.69 Å². The molecule has 0 aliphatic carbocycles. The van der Waals surface area contributed by atoms with Crippen LogP contribution in [0.15, 0.2) is 12.1 Å². The summed E-state index contributed by atoms with van der Waals surface area (Å²) in [6.45, 7) is 3.49. The summed E-state index contributed by atoms with van der Waals surface area (Å²) in [4.78, 5) is 10.7. The molecule has 0 spiro atoms. The number of nitrogens with one attached hydrogen (secondary N) is 2. The molecule has 1 rings (SSSR count). The van der Waals surface area contributed by atoms with E-state index in [1.165, 1.54) is 6.92 Å². The summed E-state index contributed by atoms with van der Waals surface area (Å²) in [5.41, 5.74) is 1.30. The quantitative estimate of drug-likeness (QED) is 0.347. The molecule has 1 aromatic rings. The molecule has 8 heteroatoms. The van der Waals surface area contributed by atoms with Crippen molar-refractivity contribution in [1.82, 2.24) is 0 Å². The second-order valence-electron chi connectivity index (χ2n) is 4.08. The van der Waals surface area contributed by atoms with Crippen molar-refractivity contribution in [3.8, 4) is 0 Å². The van der Waals surface area contributed by atoms with Crippen molar-refractivity contribution in [3.05, 3.63) is 27.8 Å². The Morgan fingerprint density at radius 3 is 2.55 bits per heavy atom. The average molecular weight is 306 g/mol. The molecule has 0 fully saturated rings. The third-order valence-electron chi connectivity index (χ3n) is 2.61. The highest BCUT2D eigenvalue weighted by Crippen LogP contribution is 2.36. The summed E-state index contributed by atoms with van der Waals surface area (Å²) in [6.07, 6.45) is -0.263. The lowest BCUT2D eigenvalue weighted by Gasteiger charge is -2.15. The first-order chi connectivity index (χ1) is 9.01. The molecule has 7 nitrogen and oxygen atoms in total. The third kappa shape index (κ3) is 4.52. The molecule has 1 aromatic carbocycles. The smallest absolute Gasteiger partial charge is 0.315 e. The van der Waals surface area contributed by atoms with Gasteiger partial charge in [-0.15, -0.1) is 12.4 Å². The van der Waals surface area contributed by atoms with Gasteiger partial charge in [0.1, 0.15) is 17.6 Å². The number of aliphatic hydroxyl groups excluding tert-OH is 2. The van der Waals surface area contributed by atoms with Crippen molar-refractivity contribution >= 4 is 29.5 Å². The Kier molecular flexibility index (Phi) is 7.90. The van der Waals surface area contributed by atoms with Gasteiger partial charge in [0.2, 0.25) is 0 Å². The number of nitro benzene ring substituents is 1. The molecule has 114 valence electrons. The summed E-state index contributed by atoms with van der Waals surface area (Å²) >= 11 is 0. The fourth-order valence-electron chi connectivity index (χ4n) is 1.84. The van der Waals surface area contributed by atoms with Crippen LogP contribution in [0.1, 0.15) is 19.4 Å². The summed E-state index contributed by atoms with van der Waals surface area (Å²) in [6, 6.07) is 3.34. The monoisotopic (exact) mass is 305 g/mol. The molecule has 0 radical (unpaired) electrons. The zero-order valence-corrected chi connectivity index (χ0v) is 12.2. The number of nitro groups is 1. The van der Waals surface area contributed by atoms with Gasteiger partial charge < -0.3 is 20.8 Å². The maximum absolute atomic E-state index is 11.2. The van der Waals surface area contributed by atoms with E-state index in [4.69, 9.17) is 5.11 Å². The van der Waals surface area contributed by atoms with Gasteiger partial charge in [0.25, 0.3) is 0 Å². The van der Waals surface area contributed by atoms with Crippen molar-refractivity contribution in [2.24, 2.45) is 0 Å². The molecule has 20 heavy (non-hydrogen) atoms. The van der Waals surface area contributed by atoms with E-state index in [1.54, 1.807) is 12.1 Å². The predicted molar refractivity (Wildman–Crippen MR) is 80.6 cm³/mol. The summed E-state index contributed by atoms with van der Waals surface area (Å²) < 4.78 is 0. The summed E-state index contributed by atoms with van der Waals surface area (Å²) in [5.74, 6) is 0. The van der Waals surface area contributed by atoms with Crippen LogP contribution >= 0.6 is 12.4 Å². The topological polar surface area (TPSA) is 108 Å². The average Bonchev–Trinajstić information content (AvgIpc) is 2.35. The van der Waals surface area contributed by atoms with Gasteiger partial charge in [0, 0.05) is 6.54 Å². The van der Waals surface area contributed by atoms with E-state index >= 15 is 0 Å². The predicted octanol–water partition coefficient (Wildman–Crippen LogP) is 1.73. The largest absolute Gasteiger partial charge is 0.395 e. The van der Waals surface area contributed by atoms with Crippen molar-refractivity contribution in [1.29, 1.82) is 0 Å². The molecule has 0 saturated carbocycles. The van der Waals surface area contributed by atoms with Crippen LogP contribution in [-0.2, 0) is 6.42 Å². The number of hydrogen-bond donors (Lipinski definition) is 4. The number of halogens is 1. The zero-order valence-electron chi connectivity index (χ0n) is 11.4. The second-order valence-corrected chi connectivity index (χ2v) is 4.08. The highest BCUT2D eigenvalue weighted by molar-refractivity contribution is 5.85. The van der Waals surface area contributed by atoms with Crippen molar-refractivity contribution in [3.63, 3.8) is 0 Å². The minimum atomic E-state index is -0.892. The first-order valence-corrected chi connectivity index (χ1v) is 6.10. The van der Waals surface area contributed by atoms with Crippen molar-refractivity contribution < 1.29 is 15.1 Å². The van der Waals surface area contributed by atoms with Crippen LogP contribution in [-0.4, -0.2) is 34.5 Å². The maximum Gasteiger partial charge on any atom is 0.315 e. The molecule has 0 heterocycles. The van der Waals surface area contributed by atoms with Gasteiger partial charge in [-0.05, 0) is 25.0 Å². The molecule has 1 unspecified atom stereocenters. The Bertz CT molecular complexity index is 455. The molecule has 4 N–H and O–H groups in total. The molecule has 0 saturated heterocycles. The zero-order chi connectivity index (χ0) is 14.4. The van der Waals surface area contributed by atoms with Crippen LogP contribution < -0.4 is 10.6 Å². The van der Waals surface area contributed by atoms with E-state index in [9.17, 15) is 15.2 Å². The van der Waals surface area contributed by atoms with E-state index in [1.807, 2.05) is 6.92 Å². The van der Waals surface area contributed by atoms with E-state index in [0.717, 1.165) is 5.56 Å². The van der Waals surface area contributed by atoms with Crippen LogP contribution in [0.5, 0.6) is 0 Å². The number of nitrogens with zero attached hydrogens (tertiary/aromatic N) is 1. The van der Waals surface area contributed by atoms with Gasteiger partial charge in [0.15, 0.2) is 0 Å². The maximum atomic E-state index is 11.2.